The lowest BCUT2D eigenvalue weighted by Crippen LogP contribution is -2.44. The van der Waals surface area contributed by atoms with Crippen LogP contribution < -0.4 is 5.32 Å². The molecule has 3 nitrogen and oxygen atoms in total. The van der Waals surface area contributed by atoms with E-state index >= 15 is 0 Å². The molecule has 0 aliphatic heterocycles. The normalized spacial score (nSPS) is 26.1. The fourth-order valence-corrected chi connectivity index (χ4v) is 2.38. The van der Waals surface area contributed by atoms with Crippen molar-refractivity contribution in [3.63, 3.8) is 0 Å². The Morgan fingerprint density at radius 3 is 3.00 bits per heavy atom. The summed E-state index contributed by atoms with van der Waals surface area (Å²) in [4.78, 5) is 5.59. The largest absolute Gasteiger partial charge is 0.381 e. The number of rotatable bonds is 4. The minimum absolute atomic E-state index is 0.477. The monoisotopic (exact) mass is 212 g/mol. The topological polar surface area (TPSA) is 34.1 Å². The lowest BCUT2D eigenvalue weighted by Gasteiger charge is -2.34. The maximum atomic E-state index is 5.22. The number of aromatic nitrogens is 1. The van der Waals surface area contributed by atoms with Crippen molar-refractivity contribution in [2.75, 3.05) is 7.11 Å². The number of ether oxygens (including phenoxy) is 1. The van der Waals surface area contributed by atoms with Gasteiger partial charge in [-0.15, -0.1) is 11.3 Å². The van der Waals surface area contributed by atoms with Gasteiger partial charge in [-0.3, -0.25) is 0 Å². The summed E-state index contributed by atoms with van der Waals surface area (Å²) in [6.07, 6.45) is 4.69. The summed E-state index contributed by atoms with van der Waals surface area (Å²) in [7, 11) is 1.78. The van der Waals surface area contributed by atoms with Gasteiger partial charge in [0.1, 0.15) is 5.01 Å². The van der Waals surface area contributed by atoms with Gasteiger partial charge in [0, 0.05) is 30.8 Å². The third-order valence-corrected chi connectivity index (χ3v) is 3.55. The summed E-state index contributed by atoms with van der Waals surface area (Å²) in [6, 6.07) is 0.629. The standard InChI is InChI=1S/C10H16N2OS/c1-7-5-12-10(14-7)6-11-8-3-9(4-8)13-2/h5,8-9,11H,3-4,6H2,1-2H3. The molecular formula is C10H16N2OS. The number of hydrogen-bond acceptors (Lipinski definition) is 4. The second-order valence-electron chi connectivity index (χ2n) is 3.77. The lowest BCUT2D eigenvalue weighted by molar-refractivity contribution is 0.0170. The molecule has 0 spiro atoms. The van der Waals surface area contributed by atoms with E-state index in [1.165, 1.54) is 9.88 Å². The quantitative estimate of drug-likeness (QED) is 0.825. The van der Waals surface area contributed by atoms with Crippen LogP contribution in [0.25, 0.3) is 0 Å². The van der Waals surface area contributed by atoms with Gasteiger partial charge in [-0.05, 0) is 19.8 Å². The molecule has 4 heteroatoms. The average Bonchev–Trinajstić information content (AvgIpc) is 2.49. The van der Waals surface area contributed by atoms with Gasteiger partial charge in [0.15, 0.2) is 0 Å². The van der Waals surface area contributed by atoms with E-state index < -0.39 is 0 Å². The van der Waals surface area contributed by atoms with Gasteiger partial charge in [-0.2, -0.15) is 0 Å². The van der Waals surface area contributed by atoms with Crippen molar-refractivity contribution in [1.29, 1.82) is 0 Å². The summed E-state index contributed by atoms with van der Waals surface area (Å²) in [5, 5.41) is 4.66. The Morgan fingerprint density at radius 1 is 1.64 bits per heavy atom. The van der Waals surface area contributed by atoms with Crippen molar-refractivity contribution in [1.82, 2.24) is 10.3 Å². The minimum Gasteiger partial charge on any atom is -0.381 e. The molecule has 2 rings (SSSR count). The fraction of sp³-hybridized carbons (Fsp3) is 0.700. The van der Waals surface area contributed by atoms with Crippen molar-refractivity contribution in [2.45, 2.75) is 38.5 Å². The average molecular weight is 212 g/mol. The van der Waals surface area contributed by atoms with Gasteiger partial charge in [0.2, 0.25) is 0 Å². The highest BCUT2D eigenvalue weighted by atomic mass is 32.1. The molecule has 0 unspecified atom stereocenters. The first kappa shape index (κ1) is 10.1. The highest BCUT2D eigenvalue weighted by Gasteiger charge is 2.28. The molecule has 1 aliphatic rings. The summed E-state index contributed by atoms with van der Waals surface area (Å²) in [5.74, 6) is 0. The first-order valence-electron chi connectivity index (χ1n) is 4.95. The lowest BCUT2D eigenvalue weighted by atomic mass is 9.89. The van der Waals surface area contributed by atoms with Crippen LogP contribution in [0.2, 0.25) is 0 Å². The molecule has 1 N–H and O–H groups in total. The predicted molar refractivity (Wildman–Crippen MR) is 57.5 cm³/mol. The highest BCUT2D eigenvalue weighted by molar-refractivity contribution is 7.11. The van der Waals surface area contributed by atoms with E-state index in [2.05, 4.69) is 17.2 Å². The summed E-state index contributed by atoms with van der Waals surface area (Å²) in [6.45, 7) is 2.99. The van der Waals surface area contributed by atoms with Crippen molar-refractivity contribution >= 4 is 11.3 Å². The van der Waals surface area contributed by atoms with Crippen LogP contribution in [-0.4, -0.2) is 24.2 Å². The van der Waals surface area contributed by atoms with E-state index in [4.69, 9.17) is 4.74 Å². The Kier molecular flexibility index (Phi) is 3.15. The summed E-state index contributed by atoms with van der Waals surface area (Å²) >= 11 is 1.77. The predicted octanol–water partition coefficient (Wildman–Crippen LogP) is 1.72. The summed E-state index contributed by atoms with van der Waals surface area (Å²) < 4.78 is 5.22. The van der Waals surface area contributed by atoms with Crippen molar-refractivity contribution < 1.29 is 4.74 Å². The molecule has 0 saturated heterocycles. The maximum absolute atomic E-state index is 5.22. The molecule has 14 heavy (non-hydrogen) atoms. The van der Waals surface area contributed by atoms with Crippen LogP contribution in [0.1, 0.15) is 22.7 Å². The number of thiazole rings is 1. The third kappa shape index (κ3) is 2.32. The van der Waals surface area contributed by atoms with Gasteiger partial charge in [-0.1, -0.05) is 0 Å². The van der Waals surface area contributed by atoms with Gasteiger partial charge in [0.25, 0.3) is 0 Å². The number of aryl methyl sites for hydroxylation is 1. The molecule has 0 atom stereocenters. The molecule has 1 fully saturated rings. The molecule has 1 saturated carbocycles. The van der Waals surface area contributed by atoms with Gasteiger partial charge in [0.05, 0.1) is 6.10 Å². The van der Waals surface area contributed by atoms with E-state index in [1.54, 1.807) is 18.4 Å². The Bertz CT molecular complexity index is 294. The van der Waals surface area contributed by atoms with Gasteiger partial charge in [-0.25, -0.2) is 4.98 Å². The van der Waals surface area contributed by atoms with E-state index in [1.807, 2.05) is 6.20 Å². The van der Waals surface area contributed by atoms with Crippen LogP contribution in [0.4, 0.5) is 0 Å². The number of hydrogen-bond donors (Lipinski definition) is 1. The Hall–Kier alpha value is -0.450. The zero-order valence-corrected chi connectivity index (χ0v) is 9.43. The molecule has 0 radical (unpaired) electrons. The molecular weight excluding hydrogens is 196 g/mol. The number of nitrogens with zero attached hydrogens (tertiary/aromatic N) is 1. The van der Waals surface area contributed by atoms with E-state index in [9.17, 15) is 0 Å². The third-order valence-electron chi connectivity index (χ3n) is 2.64. The molecule has 1 aliphatic carbocycles. The van der Waals surface area contributed by atoms with Crippen LogP contribution in [0, 0.1) is 6.92 Å². The fourth-order valence-electron chi connectivity index (χ4n) is 1.64. The zero-order valence-electron chi connectivity index (χ0n) is 8.62. The molecule has 1 heterocycles. The van der Waals surface area contributed by atoms with Crippen LogP contribution in [-0.2, 0) is 11.3 Å². The second-order valence-corrected chi connectivity index (χ2v) is 5.09. The van der Waals surface area contributed by atoms with Crippen molar-refractivity contribution in [3.8, 4) is 0 Å². The highest BCUT2D eigenvalue weighted by Crippen LogP contribution is 2.23. The Balaban J connectivity index is 1.69. The van der Waals surface area contributed by atoms with E-state index in [0.717, 1.165) is 19.4 Å². The Morgan fingerprint density at radius 2 is 2.43 bits per heavy atom. The molecule has 0 aromatic carbocycles. The Labute approximate surface area is 88.5 Å². The second kappa shape index (κ2) is 4.38. The first-order chi connectivity index (χ1) is 6.78. The van der Waals surface area contributed by atoms with Crippen LogP contribution in [0.5, 0.6) is 0 Å². The first-order valence-corrected chi connectivity index (χ1v) is 5.77. The summed E-state index contributed by atoms with van der Waals surface area (Å²) in [5.41, 5.74) is 0. The molecule has 0 bridgehead atoms. The number of methoxy groups -OCH3 is 1. The van der Waals surface area contributed by atoms with Crippen LogP contribution in [0.3, 0.4) is 0 Å². The molecule has 1 aromatic heterocycles. The molecule has 78 valence electrons. The van der Waals surface area contributed by atoms with E-state index in [0.29, 0.717) is 12.1 Å². The smallest absolute Gasteiger partial charge is 0.107 e. The van der Waals surface area contributed by atoms with E-state index in [-0.39, 0.29) is 0 Å². The zero-order chi connectivity index (χ0) is 9.97. The maximum Gasteiger partial charge on any atom is 0.107 e. The SMILES string of the molecule is COC1CC(NCc2ncc(C)s2)C1. The van der Waals surface area contributed by atoms with Crippen molar-refractivity contribution in [2.24, 2.45) is 0 Å². The minimum atomic E-state index is 0.477. The molecule has 0 amide bonds. The van der Waals surface area contributed by atoms with Crippen LogP contribution in [0.15, 0.2) is 6.20 Å². The van der Waals surface area contributed by atoms with Gasteiger partial charge >= 0.3 is 0 Å². The van der Waals surface area contributed by atoms with Gasteiger partial charge < -0.3 is 10.1 Å². The van der Waals surface area contributed by atoms with Crippen molar-refractivity contribution in [3.05, 3.63) is 16.1 Å². The van der Waals surface area contributed by atoms with Crippen LogP contribution >= 0.6 is 11.3 Å². The molecule has 1 aromatic rings. The number of nitrogens with one attached hydrogen (secondary N) is 1.